The van der Waals surface area contributed by atoms with E-state index in [4.69, 9.17) is 5.14 Å². The number of benzene rings is 1. The summed E-state index contributed by atoms with van der Waals surface area (Å²) in [5.74, 6) is -0.0595. The summed E-state index contributed by atoms with van der Waals surface area (Å²) < 4.78 is 21.6. The minimum atomic E-state index is -3.40. The second-order valence-electron chi connectivity index (χ2n) is 4.03. The number of rotatable bonds is 5. The van der Waals surface area contributed by atoms with Gasteiger partial charge in [0.15, 0.2) is 0 Å². The molecule has 5 nitrogen and oxygen atoms in total. The molecule has 6 heteroatoms. The van der Waals surface area contributed by atoms with Crippen molar-refractivity contribution >= 4 is 20.9 Å². The Labute approximate surface area is 106 Å². The number of pyridine rings is 1. The van der Waals surface area contributed by atoms with E-state index in [1.807, 2.05) is 30.3 Å². The number of nitrogens with two attached hydrogens (primary N) is 1. The summed E-state index contributed by atoms with van der Waals surface area (Å²) in [4.78, 5) is 4.27. The number of para-hydroxylation sites is 1. The highest BCUT2D eigenvalue weighted by Gasteiger charge is 2.03. The number of primary sulfonamides is 1. The van der Waals surface area contributed by atoms with Crippen LogP contribution in [0.5, 0.6) is 0 Å². The minimum Gasteiger partial charge on any atom is -0.312 e. The van der Waals surface area contributed by atoms with E-state index >= 15 is 0 Å². The van der Waals surface area contributed by atoms with Gasteiger partial charge < -0.3 is 5.32 Å². The number of nitrogens with zero attached hydrogens (tertiary/aromatic N) is 1. The normalized spacial score (nSPS) is 11.8. The van der Waals surface area contributed by atoms with Gasteiger partial charge >= 0.3 is 0 Å². The standard InChI is InChI=1S/C12H15N3O2S/c13-18(16,17)8-7-14-9-10-5-6-15-12-4-2-1-3-11(10)12/h1-6,14H,7-9H2,(H2,13,16,17). The predicted molar refractivity (Wildman–Crippen MR) is 71.4 cm³/mol. The molecule has 0 saturated heterocycles. The number of aromatic nitrogens is 1. The average molecular weight is 265 g/mol. The van der Waals surface area contributed by atoms with Gasteiger partial charge in [0.1, 0.15) is 0 Å². The molecule has 1 heterocycles. The Balaban J connectivity index is 2.04. The molecule has 0 radical (unpaired) electrons. The lowest BCUT2D eigenvalue weighted by Crippen LogP contribution is -2.26. The number of hydrogen-bond donors (Lipinski definition) is 2. The van der Waals surface area contributed by atoms with E-state index in [1.54, 1.807) is 6.20 Å². The maximum atomic E-state index is 10.8. The van der Waals surface area contributed by atoms with Crippen LogP contribution in [0.3, 0.4) is 0 Å². The van der Waals surface area contributed by atoms with Crippen molar-refractivity contribution in [3.8, 4) is 0 Å². The van der Waals surface area contributed by atoms with E-state index < -0.39 is 10.0 Å². The fourth-order valence-electron chi connectivity index (χ4n) is 1.75. The zero-order chi connectivity index (χ0) is 13.0. The molecule has 0 unspecified atom stereocenters. The van der Waals surface area contributed by atoms with E-state index in [0.717, 1.165) is 16.5 Å². The van der Waals surface area contributed by atoms with Gasteiger partial charge in [0.05, 0.1) is 11.3 Å². The average Bonchev–Trinajstić information content (AvgIpc) is 2.33. The van der Waals surface area contributed by atoms with Gasteiger partial charge in [-0.3, -0.25) is 4.98 Å². The maximum Gasteiger partial charge on any atom is 0.210 e. The second kappa shape index (κ2) is 5.43. The number of sulfonamides is 1. The highest BCUT2D eigenvalue weighted by Crippen LogP contribution is 2.15. The Morgan fingerprint density at radius 1 is 1.22 bits per heavy atom. The molecular weight excluding hydrogens is 250 g/mol. The predicted octanol–water partition coefficient (Wildman–Crippen LogP) is 0.613. The summed E-state index contributed by atoms with van der Waals surface area (Å²) in [6, 6.07) is 9.76. The summed E-state index contributed by atoms with van der Waals surface area (Å²) in [5.41, 5.74) is 2.03. The fourth-order valence-corrected chi connectivity index (χ4v) is 2.18. The molecule has 2 aromatic rings. The van der Waals surface area contributed by atoms with Crippen molar-refractivity contribution in [1.82, 2.24) is 10.3 Å². The van der Waals surface area contributed by atoms with E-state index in [9.17, 15) is 8.42 Å². The smallest absolute Gasteiger partial charge is 0.210 e. The largest absolute Gasteiger partial charge is 0.312 e. The van der Waals surface area contributed by atoms with Crippen LogP contribution in [-0.2, 0) is 16.6 Å². The first-order valence-corrected chi connectivity index (χ1v) is 7.31. The molecule has 0 spiro atoms. The van der Waals surface area contributed by atoms with Crippen molar-refractivity contribution in [3.05, 3.63) is 42.1 Å². The molecule has 0 aliphatic carbocycles. The molecule has 2 rings (SSSR count). The van der Waals surface area contributed by atoms with Gasteiger partial charge in [0.25, 0.3) is 0 Å². The molecule has 0 atom stereocenters. The van der Waals surface area contributed by atoms with Gasteiger partial charge in [0, 0.05) is 24.7 Å². The maximum absolute atomic E-state index is 10.8. The van der Waals surface area contributed by atoms with Crippen molar-refractivity contribution in [1.29, 1.82) is 0 Å². The number of nitrogens with one attached hydrogen (secondary N) is 1. The minimum absolute atomic E-state index is 0.0595. The topological polar surface area (TPSA) is 85.1 Å². The van der Waals surface area contributed by atoms with Crippen LogP contribution in [0.15, 0.2) is 36.5 Å². The van der Waals surface area contributed by atoms with Crippen LogP contribution in [-0.4, -0.2) is 25.7 Å². The van der Waals surface area contributed by atoms with Crippen molar-refractivity contribution < 1.29 is 8.42 Å². The molecule has 0 aliphatic heterocycles. The van der Waals surface area contributed by atoms with Crippen molar-refractivity contribution in [2.24, 2.45) is 5.14 Å². The third-order valence-electron chi connectivity index (χ3n) is 2.62. The summed E-state index contributed by atoms with van der Waals surface area (Å²) >= 11 is 0. The summed E-state index contributed by atoms with van der Waals surface area (Å²) in [6.45, 7) is 0.939. The second-order valence-corrected chi connectivity index (χ2v) is 5.76. The molecular formula is C12H15N3O2S. The third kappa shape index (κ3) is 3.49. The fraction of sp³-hybridized carbons (Fsp3) is 0.250. The van der Waals surface area contributed by atoms with Gasteiger partial charge in [-0.2, -0.15) is 0 Å². The first-order valence-electron chi connectivity index (χ1n) is 5.60. The van der Waals surface area contributed by atoms with Gasteiger partial charge in [-0.25, -0.2) is 13.6 Å². The lowest BCUT2D eigenvalue weighted by Gasteiger charge is -2.07. The Hall–Kier alpha value is -1.50. The number of fused-ring (bicyclic) bond motifs is 1. The van der Waals surface area contributed by atoms with Crippen molar-refractivity contribution in [2.45, 2.75) is 6.54 Å². The SMILES string of the molecule is NS(=O)(=O)CCNCc1ccnc2ccccc12. The Morgan fingerprint density at radius 3 is 2.78 bits per heavy atom. The summed E-state index contributed by atoms with van der Waals surface area (Å²) in [6.07, 6.45) is 1.75. The molecule has 1 aromatic carbocycles. The monoisotopic (exact) mass is 265 g/mol. The molecule has 0 amide bonds. The van der Waals surface area contributed by atoms with E-state index in [1.165, 1.54) is 0 Å². The van der Waals surface area contributed by atoms with Crippen LogP contribution in [0.25, 0.3) is 10.9 Å². The third-order valence-corrected chi connectivity index (χ3v) is 3.39. The van der Waals surface area contributed by atoms with Crippen LogP contribution in [0.4, 0.5) is 0 Å². The molecule has 0 saturated carbocycles. The highest BCUT2D eigenvalue weighted by atomic mass is 32.2. The van der Waals surface area contributed by atoms with E-state index in [-0.39, 0.29) is 5.75 Å². The van der Waals surface area contributed by atoms with Gasteiger partial charge in [-0.05, 0) is 17.7 Å². The van der Waals surface area contributed by atoms with Crippen LogP contribution < -0.4 is 10.5 Å². The highest BCUT2D eigenvalue weighted by molar-refractivity contribution is 7.89. The first kappa shape index (κ1) is 12.9. The molecule has 18 heavy (non-hydrogen) atoms. The Bertz CT molecular complexity index is 635. The van der Waals surface area contributed by atoms with E-state index in [0.29, 0.717) is 13.1 Å². The van der Waals surface area contributed by atoms with Gasteiger partial charge in [0.2, 0.25) is 10.0 Å². The van der Waals surface area contributed by atoms with E-state index in [2.05, 4.69) is 10.3 Å². The van der Waals surface area contributed by atoms with Crippen molar-refractivity contribution in [2.75, 3.05) is 12.3 Å². The Morgan fingerprint density at radius 2 is 2.00 bits per heavy atom. The van der Waals surface area contributed by atoms with Crippen LogP contribution in [0, 0.1) is 0 Å². The first-order chi connectivity index (χ1) is 8.56. The summed E-state index contributed by atoms with van der Waals surface area (Å²) in [7, 11) is -3.40. The molecule has 3 N–H and O–H groups in total. The number of hydrogen-bond acceptors (Lipinski definition) is 4. The molecule has 0 bridgehead atoms. The van der Waals surface area contributed by atoms with Crippen LogP contribution >= 0.6 is 0 Å². The van der Waals surface area contributed by atoms with Gasteiger partial charge in [-0.15, -0.1) is 0 Å². The van der Waals surface area contributed by atoms with Crippen LogP contribution in [0.2, 0.25) is 0 Å². The molecule has 0 fully saturated rings. The lowest BCUT2D eigenvalue weighted by molar-refractivity contribution is 0.592. The van der Waals surface area contributed by atoms with Crippen molar-refractivity contribution in [3.63, 3.8) is 0 Å². The lowest BCUT2D eigenvalue weighted by atomic mass is 10.1. The van der Waals surface area contributed by atoms with Gasteiger partial charge in [-0.1, -0.05) is 18.2 Å². The zero-order valence-corrected chi connectivity index (χ0v) is 10.7. The van der Waals surface area contributed by atoms with Crippen LogP contribution in [0.1, 0.15) is 5.56 Å². The zero-order valence-electron chi connectivity index (χ0n) is 9.83. The molecule has 1 aromatic heterocycles. The quantitative estimate of drug-likeness (QED) is 0.776. The Kier molecular flexibility index (Phi) is 3.90. The molecule has 96 valence electrons. The molecule has 0 aliphatic rings. The summed E-state index contributed by atoms with van der Waals surface area (Å²) in [5, 5.41) is 9.06.